The summed E-state index contributed by atoms with van der Waals surface area (Å²) in [5.74, 6) is -1.06. The predicted octanol–water partition coefficient (Wildman–Crippen LogP) is -6.25. The molecule has 4 heteroatoms. The molecule has 0 radical (unpaired) electrons. The van der Waals surface area contributed by atoms with Crippen molar-refractivity contribution in [3.05, 3.63) is 12.0 Å². The van der Waals surface area contributed by atoms with E-state index in [4.69, 9.17) is 0 Å². The fraction of sp³-hybridized carbons (Fsp3) is 0.667. The van der Waals surface area contributed by atoms with Crippen molar-refractivity contribution >= 4 is 0 Å². The molecule has 0 heterocycles. The molecule has 48 valence electrons. The smallest absolute Gasteiger partial charge is 0.884 e. The second-order valence-electron chi connectivity index (χ2n) is 1.67. The molecule has 0 N–H and O–H groups in total. The third-order valence-electron chi connectivity index (χ3n) is 0.869. The van der Waals surface area contributed by atoms with Crippen LogP contribution in [0.2, 0.25) is 0 Å². The van der Waals surface area contributed by atoms with Crippen molar-refractivity contribution in [2.75, 3.05) is 0 Å². The van der Waals surface area contributed by atoms with Crippen molar-refractivity contribution in [3.63, 3.8) is 0 Å². The van der Waals surface area contributed by atoms with E-state index < -0.39 is 5.95 Å². The van der Waals surface area contributed by atoms with Gasteiger partial charge in [0.15, 0.2) is 0 Å². The minimum absolute atomic E-state index is 0. The molecular formula is C6H10Li2O2. The summed E-state index contributed by atoms with van der Waals surface area (Å²) < 4.78 is 0. The molecule has 0 aliphatic rings. The Balaban J connectivity index is -0.000000245. The van der Waals surface area contributed by atoms with Gasteiger partial charge in [0.1, 0.15) is 0 Å². The zero-order valence-electron chi connectivity index (χ0n) is 7.02. The van der Waals surface area contributed by atoms with Gasteiger partial charge in [-0.3, -0.25) is 0 Å². The van der Waals surface area contributed by atoms with Gasteiger partial charge in [-0.1, -0.05) is 19.8 Å². The first kappa shape index (κ1) is 16.9. The molecule has 0 aromatic heterocycles. The van der Waals surface area contributed by atoms with E-state index in [-0.39, 0.29) is 37.7 Å². The van der Waals surface area contributed by atoms with E-state index in [0.717, 1.165) is 12.8 Å². The van der Waals surface area contributed by atoms with Gasteiger partial charge >= 0.3 is 37.7 Å². The van der Waals surface area contributed by atoms with Gasteiger partial charge in [0.25, 0.3) is 0 Å². The Bertz CT molecular complexity index is 79.8. The normalized spacial score (nSPS) is 6.90. The van der Waals surface area contributed by atoms with Gasteiger partial charge in [-0.25, -0.2) is 5.95 Å². The van der Waals surface area contributed by atoms with Crippen LogP contribution in [-0.4, -0.2) is 0 Å². The SMILES string of the molecule is CCCCC=C([O-])[O-].[Li+].[Li+]. The van der Waals surface area contributed by atoms with Gasteiger partial charge in [0.05, 0.1) is 0 Å². The van der Waals surface area contributed by atoms with Crippen LogP contribution in [0.3, 0.4) is 0 Å². The molecule has 0 atom stereocenters. The summed E-state index contributed by atoms with van der Waals surface area (Å²) in [7, 11) is 0. The number of hydrogen-bond acceptors (Lipinski definition) is 2. The molecule has 2 nitrogen and oxygen atoms in total. The Morgan fingerprint density at radius 2 is 1.80 bits per heavy atom. The van der Waals surface area contributed by atoms with Crippen molar-refractivity contribution in [2.24, 2.45) is 0 Å². The number of hydrogen-bond donors (Lipinski definition) is 0. The molecule has 0 spiro atoms. The zero-order valence-corrected chi connectivity index (χ0v) is 7.02. The van der Waals surface area contributed by atoms with E-state index in [2.05, 4.69) is 0 Å². The summed E-state index contributed by atoms with van der Waals surface area (Å²) in [6.45, 7) is 2.02. The molecular weight excluding hydrogens is 118 g/mol. The number of unbranched alkanes of at least 4 members (excludes halogenated alkanes) is 2. The quantitative estimate of drug-likeness (QED) is 0.215. The first-order valence-electron chi connectivity index (χ1n) is 2.81. The Morgan fingerprint density at radius 1 is 1.30 bits per heavy atom. The zero-order chi connectivity index (χ0) is 6.41. The van der Waals surface area contributed by atoms with Crippen molar-refractivity contribution < 1.29 is 47.9 Å². The first-order valence-corrected chi connectivity index (χ1v) is 2.81. The maximum Gasteiger partial charge on any atom is 1.00 e. The van der Waals surface area contributed by atoms with Gasteiger partial charge in [0.2, 0.25) is 0 Å². The molecule has 0 aliphatic carbocycles. The summed E-state index contributed by atoms with van der Waals surface area (Å²) in [5.41, 5.74) is 0. The molecule has 0 saturated carbocycles. The van der Waals surface area contributed by atoms with Gasteiger partial charge in [-0.05, 0) is 6.42 Å². The van der Waals surface area contributed by atoms with Gasteiger partial charge < -0.3 is 10.2 Å². The van der Waals surface area contributed by atoms with Crippen molar-refractivity contribution in [1.29, 1.82) is 0 Å². The second-order valence-corrected chi connectivity index (χ2v) is 1.67. The van der Waals surface area contributed by atoms with E-state index in [1.165, 1.54) is 6.08 Å². The van der Waals surface area contributed by atoms with Crippen LogP contribution in [0.1, 0.15) is 26.2 Å². The summed E-state index contributed by atoms with van der Waals surface area (Å²) in [5, 5.41) is 19.4. The van der Waals surface area contributed by atoms with E-state index >= 15 is 0 Å². The van der Waals surface area contributed by atoms with E-state index in [9.17, 15) is 10.2 Å². The van der Waals surface area contributed by atoms with Crippen LogP contribution in [0.4, 0.5) is 0 Å². The van der Waals surface area contributed by atoms with Crippen molar-refractivity contribution in [1.82, 2.24) is 0 Å². The molecule has 0 saturated heterocycles. The molecule has 0 unspecified atom stereocenters. The standard InChI is InChI=1S/C6H12O2.2Li/c1-2-3-4-5-6(7)8;;/h5,7-8H,2-4H2,1H3;;/q;2*+1/p-2. The Hall–Kier alpha value is 0.535. The van der Waals surface area contributed by atoms with Crippen molar-refractivity contribution in [2.45, 2.75) is 26.2 Å². The van der Waals surface area contributed by atoms with E-state index in [1.807, 2.05) is 6.92 Å². The first-order chi connectivity index (χ1) is 3.77. The fourth-order valence-electron chi connectivity index (χ4n) is 0.424. The maximum atomic E-state index is 9.71. The van der Waals surface area contributed by atoms with E-state index in [0.29, 0.717) is 6.42 Å². The summed E-state index contributed by atoms with van der Waals surface area (Å²) in [4.78, 5) is 0. The number of allylic oxidation sites excluding steroid dienone is 1. The predicted molar refractivity (Wildman–Crippen MR) is 27.6 cm³/mol. The third-order valence-corrected chi connectivity index (χ3v) is 0.869. The Morgan fingerprint density at radius 3 is 2.10 bits per heavy atom. The average molecular weight is 128 g/mol. The molecule has 0 aromatic carbocycles. The van der Waals surface area contributed by atoms with Gasteiger partial charge in [-0.15, -0.1) is 6.08 Å². The van der Waals surface area contributed by atoms with Crippen LogP contribution in [0.5, 0.6) is 0 Å². The topological polar surface area (TPSA) is 46.1 Å². The molecule has 0 aliphatic heterocycles. The van der Waals surface area contributed by atoms with Crippen molar-refractivity contribution in [3.8, 4) is 0 Å². The molecule has 0 amide bonds. The second kappa shape index (κ2) is 12.2. The summed E-state index contributed by atoms with van der Waals surface area (Å²) in [6.07, 6.45) is 3.79. The average Bonchev–Trinajstić information content (AvgIpc) is 1.66. The van der Waals surface area contributed by atoms with Crippen LogP contribution in [-0.2, 0) is 0 Å². The minimum atomic E-state index is -1.06. The van der Waals surface area contributed by atoms with Crippen LogP contribution in [0.25, 0.3) is 0 Å². The third kappa shape index (κ3) is 15.8. The largest absolute Gasteiger partial charge is 1.00 e. The number of rotatable bonds is 3. The molecule has 0 fully saturated rings. The minimum Gasteiger partial charge on any atom is -0.884 e. The van der Waals surface area contributed by atoms with Crippen LogP contribution in [0.15, 0.2) is 12.0 Å². The summed E-state index contributed by atoms with van der Waals surface area (Å²) >= 11 is 0. The van der Waals surface area contributed by atoms with Gasteiger partial charge in [0, 0.05) is 0 Å². The molecule has 10 heavy (non-hydrogen) atoms. The molecule has 0 rings (SSSR count). The summed E-state index contributed by atoms with van der Waals surface area (Å²) in [6, 6.07) is 0. The van der Waals surface area contributed by atoms with Gasteiger partial charge in [-0.2, -0.15) is 0 Å². The van der Waals surface area contributed by atoms with Crippen LogP contribution < -0.4 is 47.9 Å². The molecule has 0 aromatic rings. The fourth-order valence-corrected chi connectivity index (χ4v) is 0.424. The van der Waals surface area contributed by atoms with E-state index in [1.54, 1.807) is 0 Å². The monoisotopic (exact) mass is 128 g/mol. The van der Waals surface area contributed by atoms with Crippen LogP contribution in [0, 0.1) is 0 Å². The Kier molecular flexibility index (Phi) is 20.6. The Labute approximate surface area is 86.1 Å². The maximum absolute atomic E-state index is 9.71. The van der Waals surface area contributed by atoms with Crippen LogP contribution >= 0.6 is 0 Å². The molecule has 0 bridgehead atoms.